The van der Waals surface area contributed by atoms with Crippen LogP contribution in [0, 0.1) is 11.6 Å². The fourth-order valence-corrected chi connectivity index (χ4v) is 1.84. The number of rotatable bonds is 1. The zero-order valence-electron chi connectivity index (χ0n) is 9.18. The second-order valence-electron chi connectivity index (χ2n) is 4.03. The Morgan fingerprint density at radius 3 is 2.53 bits per heavy atom. The second kappa shape index (κ2) is 4.22. The standard InChI is InChI=1S/C12H9BrF2O2/c1-5(2)8-4-7(16)10-9(17-8)3-6(14)11(13)12(10)15/h3-5H,1-2H3. The summed E-state index contributed by atoms with van der Waals surface area (Å²) in [6.45, 7) is 3.66. The maximum absolute atomic E-state index is 13.7. The molecule has 2 nitrogen and oxygen atoms in total. The van der Waals surface area contributed by atoms with Crippen molar-refractivity contribution in [2.24, 2.45) is 0 Å². The van der Waals surface area contributed by atoms with Crippen LogP contribution in [0.25, 0.3) is 11.0 Å². The fourth-order valence-electron chi connectivity index (χ4n) is 1.53. The van der Waals surface area contributed by atoms with Gasteiger partial charge in [0.2, 0.25) is 0 Å². The van der Waals surface area contributed by atoms with Crippen LogP contribution < -0.4 is 5.43 Å². The largest absolute Gasteiger partial charge is 0.460 e. The number of benzene rings is 1. The molecular weight excluding hydrogens is 294 g/mol. The fraction of sp³-hybridized carbons (Fsp3) is 0.250. The average molecular weight is 303 g/mol. The molecule has 2 aromatic rings. The lowest BCUT2D eigenvalue weighted by atomic mass is 10.1. The minimum Gasteiger partial charge on any atom is -0.460 e. The Kier molecular flexibility index (Phi) is 3.03. The molecule has 0 bridgehead atoms. The number of fused-ring (bicyclic) bond motifs is 1. The van der Waals surface area contributed by atoms with Crippen LogP contribution in [0.4, 0.5) is 8.78 Å². The highest BCUT2D eigenvalue weighted by atomic mass is 79.9. The van der Waals surface area contributed by atoms with E-state index in [9.17, 15) is 13.6 Å². The van der Waals surface area contributed by atoms with Gasteiger partial charge in [0, 0.05) is 18.1 Å². The molecule has 0 aliphatic carbocycles. The summed E-state index contributed by atoms with van der Waals surface area (Å²) in [7, 11) is 0. The summed E-state index contributed by atoms with van der Waals surface area (Å²) in [4.78, 5) is 11.7. The van der Waals surface area contributed by atoms with Gasteiger partial charge in [-0.25, -0.2) is 8.78 Å². The third kappa shape index (κ3) is 1.99. The molecule has 90 valence electrons. The van der Waals surface area contributed by atoms with Gasteiger partial charge in [-0.2, -0.15) is 0 Å². The zero-order chi connectivity index (χ0) is 12.7. The Morgan fingerprint density at radius 2 is 1.94 bits per heavy atom. The van der Waals surface area contributed by atoms with E-state index >= 15 is 0 Å². The SMILES string of the molecule is CC(C)c1cc(=O)c2c(F)c(Br)c(F)cc2o1. The van der Waals surface area contributed by atoms with E-state index in [0.717, 1.165) is 6.07 Å². The van der Waals surface area contributed by atoms with Crippen molar-refractivity contribution in [3.05, 3.63) is 44.2 Å². The predicted octanol–water partition coefficient (Wildman–Crippen LogP) is 3.96. The number of hydrogen-bond acceptors (Lipinski definition) is 2. The van der Waals surface area contributed by atoms with Crippen LogP contribution in [0.3, 0.4) is 0 Å². The van der Waals surface area contributed by atoms with Gasteiger partial charge < -0.3 is 4.42 Å². The summed E-state index contributed by atoms with van der Waals surface area (Å²) in [5, 5.41) is -0.234. The minimum atomic E-state index is -0.927. The quantitative estimate of drug-likeness (QED) is 0.747. The predicted molar refractivity (Wildman–Crippen MR) is 64.2 cm³/mol. The molecule has 1 heterocycles. The van der Waals surface area contributed by atoms with Crippen LogP contribution in [0.1, 0.15) is 25.5 Å². The highest BCUT2D eigenvalue weighted by Gasteiger charge is 2.17. The van der Waals surface area contributed by atoms with Gasteiger partial charge >= 0.3 is 0 Å². The maximum Gasteiger partial charge on any atom is 0.195 e. The van der Waals surface area contributed by atoms with Crippen LogP contribution >= 0.6 is 15.9 Å². The molecule has 0 unspecified atom stereocenters. The molecule has 0 aliphatic rings. The van der Waals surface area contributed by atoms with Crippen molar-refractivity contribution in [3.8, 4) is 0 Å². The first-order chi connectivity index (χ1) is 7.91. The molecular formula is C12H9BrF2O2. The van der Waals surface area contributed by atoms with Crippen molar-refractivity contribution in [1.82, 2.24) is 0 Å². The lowest BCUT2D eigenvalue weighted by Crippen LogP contribution is -2.06. The first-order valence-corrected chi connectivity index (χ1v) is 5.82. The lowest BCUT2D eigenvalue weighted by molar-refractivity contribution is 0.500. The van der Waals surface area contributed by atoms with Crippen molar-refractivity contribution >= 4 is 26.9 Å². The molecule has 0 atom stereocenters. The van der Waals surface area contributed by atoms with Gasteiger partial charge in [0.05, 0.1) is 4.47 Å². The monoisotopic (exact) mass is 302 g/mol. The lowest BCUT2D eigenvalue weighted by Gasteiger charge is -2.07. The Balaban J connectivity index is 2.92. The summed E-state index contributed by atoms with van der Waals surface area (Å²) in [5.41, 5.74) is -0.576. The van der Waals surface area contributed by atoms with Crippen LogP contribution in [0.5, 0.6) is 0 Å². The van der Waals surface area contributed by atoms with E-state index in [1.165, 1.54) is 6.07 Å². The van der Waals surface area contributed by atoms with Gasteiger partial charge in [-0.1, -0.05) is 13.8 Å². The normalized spacial score (nSPS) is 11.4. The molecule has 17 heavy (non-hydrogen) atoms. The van der Waals surface area contributed by atoms with Crippen LogP contribution in [-0.2, 0) is 0 Å². The molecule has 0 aliphatic heterocycles. The van der Waals surface area contributed by atoms with Crippen molar-refractivity contribution in [2.45, 2.75) is 19.8 Å². The Labute approximate surface area is 104 Å². The molecule has 0 saturated carbocycles. The van der Waals surface area contributed by atoms with Crippen LogP contribution in [0.15, 0.2) is 25.8 Å². The third-order valence-electron chi connectivity index (χ3n) is 2.44. The summed E-state index contributed by atoms with van der Waals surface area (Å²) < 4.78 is 32.0. The smallest absolute Gasteiger partial charge is 0.195 e. The van der Waals surface area contributed by atoms with Gasteiger partial charge in [-0.3, -0.25) is 4.79 Å². The van der Waals surface area contributed by atoms with Crippen molar-refractivity contribution in [3.63, 3.8) is 0 Å². The van der Waals surface area contributed by atoms with Crippen molar-refractivity contribution in [1.29, 1.82) is 0 Å². The van der Waals surface area contributed by atoms with Gasteiger partial charge in [0.15, 0.2) is 11.2 Å². The zero-order valence-corrected chi connectivity index (χ0v) is 10.8. The minimum absolute atomic E-state index is 0.0260. The van der Waals surface area contributed by atoms with E-state index in [0.29, 0.717) is 5.76 Å². The summed E-state index contributed by atoms with van der Waals surface area (Å²) in [6.07, 6.45) is 0. The van der Waals surface area contributed by atoms with Crippen molar-refractivity contribution in [2.75, 3.05) is 0 Å². The molecule has 0 amide bonds. The Hall–Kier alpha value is -1.23. The Bertz CT molecular complexity index is 647. The van der Waals surface area contributed by atoms with E-state index in [4.69, 9.17) is 4.42 Å². The van der Waals surface area contributed by atoms with E-state index in [1.54, 1.807) is 0 Å². The summed E-state index contributed by atoms with van der Waals surface area (Å²) in [5.74, 6) is -1.34. The highest BCUT2D eigenvalue weighted by Crippen LogP contribution is 2.27. The number of halogens is 3. The molecule has 0 radical (unpaired) electrons. The maximum atomic E-state index is 13.7. The van der Waals surface area contributed by atoms with E-state index in [1.807, 2.05) is 13.8 Å². The molecule has 2 rings (SSSR count). The molecule has 1 aromatic carbocycles. The van der Waals surface area contributed by atoms with Gasteiger partial charge in [-0.05, 0) is 15.9 Å². The summed E-state index contributed by atoms with van der Waals surface area (Å²) >= 11 is 2.75. The Morgan fingerprint density at radius 1 is 1.29 bits per heavy atom. The molecule has 0 fully saturated rings. The highest BCUT2D eigenvalue weighted by molar-refractivity contribution is 9.10. The number of hydrogen-bond donors (Lipinski definition) is 0. The molecule has 0 N–H and O–H groups in total. The van der Waals surface area contributed by atoms with Crippen LogP contribution in [-0.4, -0.2) is 0 Å². The van der Waals surface area contributed by atoms with Crippen LogP contribution in [0.2, 0.25) is 0 Å². The van der Waals surface area contributed by atoms with E-state index in [-0.39, 0.29) is 21.4 Å². The molecule has 5 heteroatoms. The molecule has 0 saturated heterocycles. The molecule has 0 spiro atoms. The van der Waals surface area contributed by atoms with Crippen molar-refractivity contribution < 1.29 is 13.2 Å². The van der Waals surface area contributed by atoms with E-state index in [2.05, 4.69) is 15.9 Å². The first-order valence-electron chi connectivity index (χ1n) is 5.03. The average Bonchev–Trinajstić information content (AvgIpc) is 2.25. The topological polar surface area (TPSA) is 30.2 Å². The summed E-state index contributed by atoms with van der Waals surface area (Å²) in [6, 6.07) is 2.25. The third-order valence-corrected chi connectivity index (χ3v) is 3.17. The van der Waals surface area contributed by atoms with Gasteiger partial charge in [-0.15, -0.1) is 0 Å². The first kappa shape index (κ1) is 12.2. The van der Waals surface area contributed by atoms with E-state index < -0.39 is 17.1 Å². The van der Waals surface area contributed by atoms with Gasteiger partial charge in [0.1, 0.15) is 22.5 Å². The molecule has 1 aromatic heterocycles. The van der Waals surface area contributed by atoms with Gasteiger partial charge in [0.25, 0.3) is 0 Å². The second-order valence-corrected chi connectivity index (χ2v) is 4.82.